The largest absolute Gasteiger partial charge is 0.497 e. The Balaban J connectivity index is 1.56. The summed E-state index contributed by atoms with van der Waals surface area (Å²) in [6, 6.07) is 10.5. The highest BCUT2D eigenvalue weighted by Gasteiger charge is 2.11. The molecule has 128 valence electrons. The predicted octanol–water partition coefficient (Wildman–Crippen LogP) is 3.36. The van der Waals surface area contributed by atoms with Crippen LogP contribution in [0, 0.1) is 0 Å². The molecule has 0 fully saturated rings. The molecule has 1 N–H and O–H groups in total. The number of rotatable bonds is 6. The molecule has 1 amide bonds. The minimum atomic E-state index is -0.209. The second-order valence-corrected chi connectivity index (χ2v) is 5.58. The first-order chi connectivity index (χ1) is 12.1. The molecule has 0 radical (unpaired) electrons. The molecular formula is C17H15ClN4O3. The number of anilines is 1. The second-order valence-electron chi connectivity index (χ2n) is 5.15. The first-order valence-corrected chi connectivity index (χ1v) is 7.90. The van der Waals surface area contributed by atoms with Crippen LogP contribution in [0.3, 0.4) is 0 Å². The average Bonchev–Trinajstić information content (AvgIpc) is 3.09. The van der Waals surface area contributed by atoms with E-state index in [1.165, 1.54) is 6.20 Å². The first kappa shape index (κ1) is 16.9. The van der Waals surface area contributed by atoms with E-state index in [1.807, 2.05) is 24.3 Å². The Bertz CT molecular complexity index is 864. The number of hydrogen-bond acceptors (Lipinski definition) is 6. The maximum Gasteiger partial charge on any atom is 0.227 e. The molecule has 0 aliphatic heterocycles. The van der Waals surface area contributed by atoms with Crippen molar-refractivity contribution in [3.05, 3.63) is 53.5 Å². The van der Waals surface area contributed by atoms with Gasteiger partial charge >= 0.3 is 0 Å². The molecule has 25 heavy (non-hydrogen) atoms. The predicted molar refractivity (Wildman–Crippen MR) is 92.5 cm³/mol. The van der Waals surface area contributed by atoms with E-state index in [0.29, 0.717) is 29.0 Å². The zero-order valence-corrected chi connectivity index (χ0v) is 14.2. The number of aryl methyl sites for hydroxylation is 1. The minimum Gasteiger partial charge on any atom is -0.497 e. The van der Waals surface area contributed by atoms with E-state index in [9.17, 15) is 4.79 Å². The third-order valence-electron chi connectivity index (χ3n) is 3.37. The molecule has 3 rings (SSSR count). The number of methoxy groups -OCH3 is 1. The van der Waals surface area contributed by atoms with Gasteiger partial charge in [0.05, 0.1) is 7.11 Å². The van der Waals surface area contributed by atoms with Crippen LogP contribution in [0.4, 0.5) is 5.82 Å². The lowest BCUT2D eigenvalue weighted by Crippen LogP contribution is -2.13. The van der Waals surface area contributed by atoms with Gasteiger partial charge in [0.15, 0.2) is 0 Å². The highest BCUT2D eigenvalue weighted by molar-refractivity contribution is 6.30. The van der Waals surface area contributed by atoms with Crippen LogP contribution in [0.1, 0.15) is 12.3 Å². The van der Waals surface area contributed by atoms with Crippen LogP contribution in [0.15, 0.2) is 47.1 Å². The Labute approximate surface area is 149 Å². The average molecular weight is 359 g/mol. The van der Waals surface area contributed by atoms with Crippen LogP contribution >= 0.6 is 11.6 Å². The van der Waals surface area contributed by atoms with E-state index in [1.54, 1.807) is 19.2 Å². The van der Waals surface area contributed by atoms with Crippen LogP contribution in [-0.4, -0.2) is 28.1 Å². The summed E-state index contributed by atoms with van der Waals surface area (Å²) in [5.41, 5.74) is 0.809. The van der Waals surface area contributed by atoms with E-state index in [-0.39, 0.29) is 12.3 Å². The van der Waals surface area contributed by atoms with E-state index < -0.39 is 0 Å². The number of carbonyl (C=O) groups excluding carboxylic acids is 1. The fourth-order valence-electron chi connectivity index (χ4n) is 2.11. The fraction of sp³-hybridized carbons (Fsp3) is 0.176. The second kappa shape index (κ2) is 7.76. The van der Waals surface area contributed by atoms with Crippen molar-refractivity contribution in [3.8, 4) is 17.1 Å². The number of benzene rings is 1. The van der Waals surface area contributed by atoms with Crippen molar-refractivity contribution in [2.24, 2.45) is 0 Å². The third kappa shape index (κ3) is 4.54. The van der Waals surface area contributed by atoms with Gasteiger partial charge in [0.2, 0.25) is 17.6 Å². The molecule has 0 saturated heterocycles. The zero-order valence-electron chi connectivity index (χ0n) is 13.4. The summed E-state index contributed by atoms with van der Waals surface area (Å²) in [6.07, 6.45) is 2.05. The SMILES string of the molecule is COc1ccc(-c2noc(CCC(=O)Nc3cc(Cl)ccn3)n2)cc1. The highest BCUT2D eigenvalue weighted by atomic mass is 35.5. The molecule has 2 aromatic heterocycles. The van der Waals surface area contributed by atoms with Crippen LogP contribution < -0.4 is 10.1 Å². The van der Waals surface area contributed by atoms with Crippen molar-refractivity contribution in [3.63, 3.8) is 0 Å². The van der Waals surface area contributed by atoms with Crippen molar-refractivity contribution >= 4 is 23.3 Å². The zero-order chi connectivity index (χ0) is 17.6. The third-order valence-corrected chi connectivity index (χ3v) is 3.61. The molecule has 0 saturated carbocycles. The van der Waals surface area contributed by atoms with Gasteiger partial charge in [-0.05, 0) is 36.4 Å². The number of aromatic nitrogens is 3. The smallest absolute Gasteiger partial charge is 0.227 e. The Morgan fingerprint density at radius 3 is 2.80 bits per heavy atom. The standard InChI is InChI=1S/C17H15ClN4O3/c1-24-13-4-2-11(3-5-13)17-21-16(25-22-17)7-6-15(23)20-14-10-12(18)8-9-19-14/h2-5,8-10H,6-7H2,1H3,(H,19,20,23). The molecule has 0 unspecified atom stereocenters. The number of ether oxygens (including phenoxy) is 1. The van der Waals surface area contributed by atoms with E-state index >= 15 is 0 Å². The Morgan fingerprint density at radius 1 is 1.28 bits per heavy atom. The summed E-state index contributed by atoms with van der Waals surface area (Å²) in [7, 11) is 1.60. The monoisotopic (exact) mass is 358 g/mol. The fourth-order valence-corrected chi connectivity index (χ4v) is 2.27. The lowest BCUT2D eigenvalue weighted by molar-refractivity contribution is -0.116. The topological polar surface area (TPSA) is 90.1 Å². The number of amides is 1. The van der Waals surface area contributed by atoms with Gasteiger partial charge < -0.3 is 14.6 Å². The number of carbonyl (C=O) groups is 1. The molecule has 8 heteroatoms. The van der Waals surface area contributed by atoms with Gasteiger partial charge in [-0.3, -0.25) is 4.79 Å². The quantitative estimate of drug-likeness (QED) is 0.726. The molecule has 7 nitrogen and oxygen atoms in total. The summed E-state index contributed by atoms with van der Waals surface area (Å²) >= 11 is 5.85. The van der Waals surface area contributed by atoms with Crippen molar-refractivity contribution in [2.45, 2.75) is 12.8 Å². The Morgan fingerprint density at radius 2 is 2.08 bits per heavy atom. The molecule has 0 aliphatic carbocycles. The lowest BCUT2D eigenvalue weighted by atomic mass is 10.2. The van der Waals surface area contributed by atoms with E-state index in [4.69, 9.17) is 20.9 Å². The molecule has 0 bridgehead atoms. The van der Waals surface area contributed by atoms with E-state index in [0.717, 1.165) is 11.3 Å². The van der Waals surface area contributed by atoms with Gasteiger partial charge in [0.25, 0.3) is 0 Å². The summed E-state index contributed by atoms with van der Waals surface area (Å²) in [6.45, 7) is 0. The summed E-state index contributed by atoms with van der Waals surface area (Å²) in [5.74, 6) is 1.80. The Kier molecular flexibility index (Phi) is 5.25. The first-order valence-electron chi connectivity index (χ1n) is 7.52. The number of pyridine rings is 1. The summed E-state index contributed by atoms with van der Waals surface area (Å²) < 4.78 is 10.3. The van der Waals surface area contributed by atoms with Crippen molar-refractivity contribution in [1.29, 1.82) is 0 Å². The van der Waals surface area contributed by atoms with Crippen LogP contribution in [0.2, 0.25) is 5.02 Å². The van der Waals surface area contributed by atoms with Gasteiger partial charge in [0, 0.05) is 29.6 Å². The van der Waals surface area contributed by atoms with Crippen LogP contribution in [-0.2, 0) is 11.2 Å². The van der Waals surface area contributed by atoms with Crippen LogP contribution in [0.5, 0.6) is 5.75 Å². The van der Waals surface area contributed by atoms with Crippen LogP contribution in [0.25, 0.3) is 11.4 Å². The van der Waals surface area contributed by atoms with Gasteiger partial charge in [-0.1, -0.05) is 16.8 Å². The van der Waals surface area contributed by atoms with Gasteiger partial charge in [-0.25, -0.2) is 4.98 Å². The summed E-state index contributed by atoms with van der Waals surface area (Å²) in [4.78, 5) is 20.3. The van der Waals surface area contributed by atoms with Crippen molar-refractivity contribution in [2.75, 3.05) is 12.4 Å². The maximum absolute atomic E-state index is 11.9. The number of hydrogen-bond donors (Lipinski definition) is 1. The molecule has 2 heterocycles. The number of nitrogens with one attached hydrogen (secondary N) is 1. The number of nitrogens with zero attached hydrogens (tertiary/aromatic N) is 3. The molecule has 0 atom stereocenters. The van der Waals surface area contributed by atoms with Crippen molar-refractivity contribution in [1.82, 2.24) is 15.1 Å². The highest BCUT2D eigenvalue weighted by Crippen LogP contribution is 2.20. The van der Waals surface area contributed by atoms with Gasteiger partial charge in [0.1, 0.15) is 11.6 Å². The molecule has 0 spiro atoms. The molecule has 0 aliphatic rings. The lowest BCUT2D eigenvalue weighted by Gasteiger charge is -2.02. The van der Waals surface area contributed by atoms with Crippen molar-refractivity contribution < 1.29 is 14.1 Å². The minimum absolute atomic E-state index is 0.193. The maximum atomic E-state index is 11.9. The Hall–Kier alpha value is -2.93. The molecule has 3 aromatic rings. The molecular weight excluding hydrogens is 344 g/mol. The van der Waals surface area contributed by atoms with Gasteiger partial charge in [-0.2, -0.15) is 4.98 Å². The summed E-state index contributed by atoms with van der Waals surface area (Å²) in [5, 5.41) is 7.10. The molecule has 1 aromatic carbocycles. The normalized spacial score (nSPS) is 10.5. The van der Waals surface area contributed by atoms with Gasteiger partial charge in [-0.15, -0.1) is 0 Å². The van der Waals surface area contributed by atoms with E-state index in [2.05, 4.69) is 20.4 Å². The number of halogens is 1.